The van der Waals surface area contributed by atoms with Gasteiger partial charge in [-0.1, -0.05) is 43.3 Å². The number of anilines is 1. The Hall–Kier alpha value is -2.97. The SMILES string of the molecule is Cc1noc(C)c1C(=O)N(Cc1ccc(NC(=O)c2ccccc2Br)cc1)CC(C)(C)CN. The topological polar surface area (TPSA) is 101 Å². The number of carbonyl (C=O) groups is 2. The molecule has 0 fully saturated rings. The normalized spacial score (nSPS) is 11.3. The summed E-state index contributed by atoms with van der Waals surface area (Å²) in [6.07, 6.45) is 0. The summed E-state index contributed by atoms with van der Waals surface area (Å²) in [6, 6.07) is 14.7. The van der Waals surface area contributed by atoms with Gasteiger partial charge in [-0.15, -0.1) is 0 Å². The Balaban J connectivity index is 1.78. The number of nitrogens with two attached hydrogens (primary N) is 1. The van der Waals surface area contributed by atoms with Crippen LogP contribution in [0.2, 0.25) is 0 Å². The molecule has 3 aromatic rings. The molecule has 174 valence electrons. The van der Waals surface area contributed by atoms with Gasteiger partial charge in [-0.3, -0.25) is 9.59 Å². The van der Waals surface area contributed by atoms with Crippen molar-refractivity contribution in [2.24, 2.45) is 11.1 Å². The lowest BCUT2D eigenvalue weighted by molar-refractivity contribution is 0.0671. The number of rotatable bonds is 8. The van der Waals surface area contributed by atoms with Crippen molar-refractivity contribution < 1.29 is 14.1 Å². The molecule has 3 N–H and O–H groups in total. The van der Waals surface area contributed by atoms with Gasteiger partial charge < -0.3 is 20.5 Å². The second-order valence-corrected chi connectivity index (χ2v) is 9.71. The van der Waals surface area contributed by atoms with Crippen molar-refractivity contribution in [2.45, 2.75) is 34.2 Å². The molecular formula is C25H29BrN4O3. The van der Waals surface area contributed by atoms with Gasteiger partial charge in [0.05, 0.1) is 11.3 Å². The summed E-state index contributed by atoms with van der Waals surface area (Å²) in [5.74, 6) is 0.160. The maximum Gasteiger partial charge on any atom is 0.259 e. The molecule has 2 aromatic carbocycles. The molecule has 1 aromatic heterocycles. The molecule has 3 rings (SSSR count). The number of benzene rings is 2. The van der Waals surface area contributed by atoms with Crippen LogP contribution in [0.1, 0.15) is 51.6 Å². The molecule has 0 aliphatic heterocycles. The molecular weight excluding hydrogens is 484 g/mol. The summed E-state index contributed by atoms with van der Waals surface area (Å²) in [6.45, 7) is 8.87. The lowest BCUT2D eigenvalue weighted by Gasteiger charge is -2.32. The summed E-state index contributed by atoms with van der Waals surface area (Å²) in [5.41, 5.74) is 8.90. The number of aromatic nitrogens is 1. The fourth-order valence-electron chi connectivity index (χ4n) is 3.48. The van der Waals surface area contributed by atoms with Gasteiger partial charge in [0, 0.05) is 23.2 Å². The molecule has 0 radical (unpaired) electrons. The van der Waals surface area contributed by atoms with E-state index in [9.17, 15) is 9.59 Å². The standard InChI is InChI=1S/C25H29BrN4O3/c1-16-22(17(2)33-29-16)24(32)30(15-25(3,4)14-27)13-18-9-11-19(12-10-18)28-23(31)20-7-5-6-8-21(20)26/h5-12H,13-15,27H2,1-4H3,(H,28,31). The highest BCUT2D eigenvalue weighted by atomic mass is 79.9. The maximum atomic E-state index is 13.4. The van der Waals surface area contributed by atoms with Gasteiger partial charge in [-0.25, -0.2) is 0 Å². The molecule has 0 spiro atoms. The number of aryl methyl sites for hydroxylation is 2. The molecule has 0 bridgehead atoms. The van der Waals surface area contributed by atoms with E-state index in [1.165, 1.54) is 0 Å². The summed E-state index contributed by atoms with van der Waals surface area (Å²) < 4.78 is 5.94. The minimum atomic E-state index is -0.258. The third-order valence-electron chi connectivity index (χ3n) is 5.41. The maximum absolute atomic E-state index is 13.4. The van der Waals surface area contributed by atoms with Gasteiger partial charge in [0.2, 0.25) is 0 Å². The van der Waals surface area contributed by atoms with Crippen LogP contribution in [0.4, 0.5) is 5.69 Å². The van der Waals surface area contributed by atoms with Gasteiger partial charge in [-0.05, 0) is 71.6 Å². The van der Waals surface area contributed by atoms with Crippen LogP contribution < -0.4 is 11.1 Å². The highest BCUT2D eigenvalue weighted by Gasteiger charge is 2.28. The number of halogens is 1. The molecule has 0 atom stereocenters. The molecule has 7 nitrogen and oxygen atoms in total. The Morgan fingerprint density at radius 1 is 1.12 bits per heavy atom. The predicted molar refractivity (Wildman–Crippen MR) is 132 cm³/mol. The zero-order valence-electron chi connectivity index (χ0n) is 19.3. The van der Waals surface area contributed by atoms with Crippen LogP contribution >= 0.6 is 15.9 Å². The van der Waals surface area contributed by atoms with Crippen LogP contribution in [0.15, 0.2) is 57.5 Å². The van der Waals surface area contributed by atoms with Crippen LogP contribution in [-0.2, 0) is 6.54 Å². The van der Waals surface area contributed by atoms with Gasteiger partial charge in [-0.2, -0.15) is 0 Å². The summed E-state index contributed by atoms with van der Waals surface area (Å²) in [4.78, 5) is 27.7. The average Bonchev–Trinajstić information content (AvgIpc) is 3.12. The molecule has 0 aliphatic carbocycles. The lowest BCUT2D eigenvalue weighted by Crippen LogP contribution is -2.42. The summed E-state index contributed by atoms with van der Waals surface area (Å²) in [7, 11) is 0. The van der Waals surface area contributed by atoms with Crippen molar-refractivity contribution in [3.8, 4) is 0 Å². The molecule has 8 heteroatoms. The van der Waals surface area contributed by atoms with Gasteiger partial charge in [0.15, 0.2) is 0 Å². The van der Waals surface area contributed by atoms with Crippen molar-refractivity contribution in [3.63, 3.8) is 0 Å². The molecule has 0 unspecified atom stereocenters. The van der Waals surface area contributed by atoms with Crippen molar-refractivity contribution >= 4 is 33.4 Å². The number of amides is 2. The van der Waals surface area contributed by atoms with E-state index in [0.29, 0.717) is 47.9 Å². The zero-order chi connectivity index (χ0) is 24.2. The van der Waals surface area contributed by atoms with E-state index in [2.05, 4.69) is 26.4 Å². The highest BCUT2D eigenvalue weighted by molar-refractivity contribution is 9.10. The first-order valence-electron chi connectivity index (χ1n) is 10.7. The molecule has 33 heavy (non-hydrogen) atoms. The molecule has 2 amide bonds. The van der Waals surface area contributed by atoms with Gasteiger partial charge in [0.25, 0.3) is 11.8 Å². The lowest BCUT2D eigenvalue weighted by atomic mass is 9.92. The third-order valence-corrected chi connectivity index (χ3v) is 6.10. The van der Waals surface area contributed by atoms with Crippen molar-refractivity contribution in [3.05, 3.63) is 81.1 Å². The quantitative estimate of drug-likeness (QED) is 0.445. The fraction of sp³-hybridized carbons (Fsp3) is 0.320. The minimum absolute atomic E-state index is 0.140. The second-order valence-electron chi connectivity index (χ2n) is 8.86. The van der Waals surface area contributed by atoms with Crippen LogP contribution in [0.5, 0.6) is 0 Å². The molecule has 1 heterocycles. The first-order chi connectivity index (χ1) is 15.6. The van der Waals surface area contributed by atoms with E-state index in [0.717, 1.165) is 10.0 Å². The molecule has 0 aliphatic rings. The molecule has 0 saturated heterocycles. The average molecular weight is 513 g/mol. The highest BCUT2D eigenvalue weighted by Crippen LogP contribution is 2.23. The number of nitrogens with one attached hydrogen (secondary N) is 1. The summed E-state index contributed by atoms with van der Waals surface area (Å²) >= 11 is 3.40. The zero-order valence-corrected chi connectivity index (χ0v) is 20.9. The van der Waals surface area contributed by atoms with Crippen molar-refractivity contribution in [1.82, 2.24) is 10.1 Å². The minimum Gasteiger partial charge on any atom is -0.361 e. The first kappa shape index (κ1) is 24.7. The first-order valence-corrected chi connectivity index (χ1v) is 11.5. The largest absolute Gasteiger partial charge is 0.361 e. The Morgan fingerprint density at radius 2 is 1.79 bits per heavy atom. The number of carbonyl (C=O) groups excluding carboxylic acids is 2. The van der Waals surface area contributed by atoms with Crippen molar-refractivity contribution in [1.29, 1.82) is 0 Å². The van der Waals surface area contributed by atoms with Crippen LogP contribution in [0, 0.1) is 19.3 Å². The third kappa shape index (κ3) is 6.09. The molecule has 0 saturated carbocycles. The Morgan fingerprint density at radius 3 is 2.36 bits per heavy atom. The fourth-order valence-corrected chi connectivity index (χ4v) is 3.95. The van der Waals surface area contributed by atoms with E-state index < -0.39 is 0 Å². The Bertz CT molecular complexity index is 1120. The van der Waals surface area contributed by atoms with E-state index in [-0.39, 0.29) is 17.2 Å². The van der Waals surface area contributed by atoms with E-state index in [4.69, 9.17) is 10.3 Å². The monoisotopic (exact) mass is 512 g/mol. The number of hydrogen-bond donors (Lipinski definition) is 2. The second kappa shape index (κ2) is 10.3. The predicted octanol–water partition coefficient (Wildman–Crippen LogP) is 4.93. The number of nitrogens with zero attached hydrogens (tertiary/aromatic N) is 2. The van der Waals surface area contributed by atoms with Crippen LogP contribution in [-0.4, -0.2) is 35.0 Å². The summed E-state index contributed by atoms with van der Waals surface area (Å²) in [5, 5.41) is 6.82. The van der Waals surface area contributed by atoms with E-state index in [1.807, 2.05) is 56.3 Å². The van der Waals surface area contributed by atoms with Crippen LogP contribution in [0.25, 0.3) is 0 Å². The smallest absolute Gasteiger partial charge is 0.259 e. The van der Waals surface area contributed by atoms with Gasteiger partial charge >= 0.3 is 0 Å². The number of hydrogen-bond acceptors (Lipinski definition) is 5. The Kier molecular flexibility index (Phi) is 7.71. The van der Waals surface area contributed by atoms with E-state index in [1.54, 1.807) is 24.8 Å². The Labute approximate surface area is 202 Å². The van der Waals surface area contributed by atoms with Gasteiger partial charge in [0.1, 0.15) is 11.3 Å². The van der Waals surface area contributed by atoms with E-state index >= 15 is 0 Å². The van der Waals surface area contributed by atoms with Crippen molar-refractivity contribution in [2.75, 3.05) is 18.4 Å². The van der Waals surface area contributed by atoms with Crippen LogP contribution in [0.3, 0.4) is 0 Å².